The number of anilines is 1. The van der Waals surface area contributed by atoms with Gasteiger partial charge < -0.3 is 15.2 Å². The molecule has 1 amide bonds. The van der Waals surface area contributed by atoms with Crippen LogP contribution in [-0.2, 0) is 11.2 Å². The molecule has 3 aromatic rings. The third-order valence-corrected chi connectivity index (χ3v) is 4.43. The van der Waals surface area contributed by atoms with Crippen LogP contribution in [0.4, 0.5) is 5.82 Å². The standard InChI is InChI=1S/C19H25N7O2/c1-12-16(13(2)28-25-12)5-6-19(27)22-8-7-21-17-11-18(24-14(3)23-17)26-10-9-20-15(26)4/h9-11H,5-8H2,1-4H3,(H,22,27)(H,21,23,24). The van der Waals surface area contributed by atoms with Crippen molar-refractivity contribution in [3.05, 3.63) is 47.1 Å². The first kappa shape index (κ1) is 19.5. The summed E-state index contributed by atoms with van der Waals surface area (Å²) in [5.41, 5.74) is 1.85. The first-order valence-electron chi connectivity index (χ1n) is 9.22. The predicted molar refractivity (Wildman–Crippen MR) is 104 cm³/mol. The van der Waals surface area contributed by atoms with E-state index in [0.717, 1.165) is 28.7 Å². The lowest BCUT2D eigenvalue weighted by molar-refractivity contribution is -0.120. The van der Waals surface area contributed by atoms with Crippen molar-refractivity contribution in [2.45, 2.75) is 40.5 Å². The highest BCUT2D eigenvalue weighted by atomic mass is 16.5. The van der Waals surface area contributed by atoms with E-state index in [9.17, 15) is 4.79 Å². The molecule has 28 heavy (non-hydrogen) atoms. The van der Waals surface area contributed by atoms with Crippen molar-refractivity contribution >= 4 is 11.7 Å². The SMILES string of the molecule is Cc1nc(NCCNC(=O)CCc2c(C)noc2C)cc(-n2ccnc2C)n1. The van der Waals surface area contributed by atoms with Crippen LogP contribution < -0.4 is 10.6 Å². The lowest BCUT2D eigenvalue weighted by atomic mass is 10.1. The molecule has 0 saturated heterocycles. The Labute approximate surface area is 163 Å². The second kappa shape index (κ2) is 8.64. The molecule has 0 aliphatic heterocycles. The zero-order valence-corrected chi connectivity index (χ0v) is 16.6. The van der Waals surface area contributed by atoms with Gasteiger partial charge in [0.15, 0.2) is 0 Å². The van der Waals surface area contributed by atoms with Gasteiger partial charge in [-0.2, -0.15) is 0 Å². The first-order chi connectivity index (χ1) is 13.4. The van der Waals surface area contributed by atoms with Gasteiger partial charge >= 0.3 is 0 Å². The minimum atomic E-state index is -0.00426. The molecule has 0 radical (unpaired) electrons. The molecule has 3 rings (SSSR count). The number of hydrogen-bond acceptors (Lipinski definition) is 7. The number of carbonyl (C=O) groups excluding carboxylic acids is 1. The van der Waals surface area contributed by atoms with E-state index < -0.39 is 0 Å². The van der Waals surface area contributed by atoms with E-state index in [1.807, 2.05) is 44.5 Å². The van der Waals surface area contributed by atoms with E-state index in [2.05, 4.69) is 30.7 Å². The third-order valence-electron chi connectivity index (χ3n) is 4.43. The smallest absolute Gasteiger partial charge is 0.220 e. The molecule has 0 saturated carbocycles. The Kier molecular flexibility index (Phi) is 6.03. The number of carbonyl (C=O) groups is 1. The highest BCUT2D eigenvalue weighted by Gasteiger charge is 2.11. The third kappa shape index (κ3) is 4.73. The van der Waals surface area contributed by atoms with Gasteiger partial charge in [0.25, 0.3) is 0 Å². The summed E-state index contributed by atoms with van der Waals surface area (Å²) in [6, 6.07) is 1.86. The Bertz CT molecular complexity index is 942. The van der Waals surface area contributed by atoms with Gasteiger partial charge in [-0.05, 0) is 34.1 Å². The summed E-state index contributed by atoms with van der Waals surface area (Å²) >= 11 is 0. The van der Waals surface area contributed by atoms with Crippen LogP contribution in [0.5, 0.6) is 0 Å². The maximum atomic E-state index is 12.0. The lowest BCUT2D eigenvalue weighted by Gasteiger charge is -2.10. The Hall–Kier alpha value is -3.23. The summed E-state index contributed by atoms with van der Waals surface area (Å²) in [6.07, 6.45) is 4.62. The summed E-state index contributed by atoms with van der Waals surface area (Å²) in [5.74, 6) is 3.76. The van der Waals surface area contributed by atoms with Crippen LogP contribution in [0.1, 0.15) is 35.1 Å². The zero-order chi connectivity index (χ0) is 20.1. The number of aryl methyl sites for hydroxylation is 4. The number of hydrogen-bond donors (Lipinski definition) is 2. The molecule has 0 spiro atoms. The number of rotatable bonds is 8. The normalized spacial score (nSPS) is 10.9. The molecule has 148 valence electrons. The van der Waals surface area contributed by atoms with Gasteiger partial charge in [0.05, 0.1) is 5.69 Å². The molecule has 0 atom stereocenters. The van der Waals surface area contributed by atoms with Gasteiger partial charge in [0.1, 0.15) is 29.0 Å². The Balaban J connectivity index is 1.47. The molecule has 9 heteroatoms. The monoisotopic (exact) mass is 383 g/mol. The number of imidazole rings is 1. The van der Waals surface area contributed by atoms with Gasteiger partial charge in [-0.25, -0.2) is 15.0 Å². The molecule has 0 aliphatic rings. The average Bonchev–Trinajstić information content (AvgIpc) is 3.22. The molecule has 0 bridgehead atoms. The summed E-state index contributed by atoms with van der Waals surface area (Å²) in [7, 11) is 0. The number of amides is 1. The van der Waals surface area contributed by atoms with Crippen molar-refractivity contribution in [3.63, 3.8) is 0 Å². The van der Waals surface area contributed by atoms with Crippen LogP contribution in [0.3, 0.4) is 0 Å². The highest BCUT2D eigenvalue weighted by molar-refractivity contribution is 5.76. The number of nitrogens with one attached hydrogen (secondary N) is 2. The summed E-state index contributed by atoms with van der Waals surface area (Å²) < 4.78 is 7.02. The molecular formula is C19H25N7O2. The van der Waals surface area contributed by atoms with E-state index in [1.165, 1.54) is 0 Å². The minimum Gasteiger partial charge on any atom is -0.368 e. The molecule has 0 fully saturated rings. The topological polar surface area (TPSA) is 111 Å². The molecule has 0 aliphatic carbocycles. The van der Waals surface area contributed by atoms with Gasteiger partial charge in [0.2, 0.25) is 5.91 Å². The average molecular weight is 383 g/mol. The van der Waals surface area contributed by atoms with Crippen LogP contribution in [0.2, 0.25) is 0 Å². The maximum Gasteiger partial charge on any atom is 0.220 e. The van der Waals surface area contributed by atoms with E-state index >= 15 is 0 Å². The molecule has 0 unspecified atom stereocenters. The summed E-state index contributed by atoms with van der Waals surface area (Å²) in [6.45, 7) is 8.58. The fraction of sp³-hybridized carbons (Fsp3) is 0.421. The quantitative estimate of drug-likeness (QED) is 0.573. The highest BCUT2D eigenvalue weighted by Crippen LogP contribution is 2.14. The first-order valence-corrected chi connectivity index (χ1v) is 9.22. The second-order valence-corrected chi connectivity index (χ2v) is 6.58. The molecule has 9 nitrogen and oxygen atoms in total. The Morgan fingerprint density at radius 3 is 2.68 bits per heavy atom. The fourth-order valence-electron chi connectivity index (χ4n) is 2.96. The van der Waals surface area contributed by atoms with E-state index in [0.29, 0.717) is 37.6 Å². The van der Waals surface area contributed by atoms with Crippen molar-refractivity contribution in [2.75, 3.05) is 18.4 Å². The molecule has 3 heterocycles. The largest absolute Gasteiger partial charge is 0.368 e. The Morgan fingerprint density at radius 2 is 2.00 bits per heavy atom. The fourth-order valence-corrected chi connectivity index (χ4v) is 2.96. The van der Waals surface area contributed by atoms with E-state index in [-0.39, 0.29) is 5.91 Å². The zero-order valence-electron chi connectivity index (χ0n) is 16.6. The molecular weight excluding hydrogens is 358 g/mol. The van der Waals surface area contributed by atoms with Crippen molar-refractivity contribution in [2.24, 2.45) is 0 Å². The second-order valence-electron chi connectivity index (χ2n) is 6.58. The van der Waals surface area contributed by atoms with Crippen molar-refractivity contribution < 1.29 is 9.32 Å². The van der Waals surface area contributed by atoms with Crippen LogP contribution in [0.25, 0.3) is 5.82 Å². The molecule has 2 N–H and O–H groups in total. The number of aromatic nitrogens is 5. The van der Waals surface area contributed by atoms with Gasteiger partial charge in [0, 0.05) is 43.5 Å². The van der Waals surface area contributed by atoms with Gasteiger partial charge in [-0.3, -0.25) is 9.36 Å². The van der Waals surface area contributed by atoms with Crippen LogP contribution in [-0.4, -0.2) is 43.7 Å². The van der Waals surface area contributed by atoms with Gasteiger partial charge in [-0.15, -0.1) is 0 Å². The summed E-state index contributed by atoms with van der Waals surface area (Å²) in [4.78, 5) is 25.1. The summed E-state index contributed by atoms with van der Waals surface area (Å²) in [5, 5.41) is 10.0. The van der Waals surface area contributed by atoms with Crippen LogP contribution in [0.15, 0.2) is 23.0 Å². The van der Waals surface area contributed by atoms with Crippen molar-refractivity contribution in [1.29, 1.82) is 0 Å². The van der Waals surface area contributed by atoms with Crippen molar-refractivity contribution in [1.82, 2.24) is 30.0 Å². The van der Waals surface area contributed by atoms with Gasteiger partial charge in [-0.1, -0.05) is 5.16 Å². The predicted octanol–water partition coefficient (Wildman–Crippen LogP) is 2.04. The van der Waals surface area contributed by atoms with Crippen LogP contribution >= 0.6 is 0 Å². The van der Waals surface area contributed by atoms with E-state index in [4.69, 9.17) is 4.52 Å². The molecule has 0 aromatic carbocycles. The lowest BCUT2D eigenvalue weighted by Crippen LogP contribution is -2.29. The van der Waals surface area contributed by atoms with E-state index in [1.54, 1.807) is 6.20 Å². The number of nitrogens with zero attached hydrogens (tertiary/aromatic N) is 5. The Morgan fingerprint density at radius 1 is 1.18 bits per heavy atom. The minimum absolute atomic E-state index is 0.00426. The molecule has 3 aromatic heterocycles. The van der Waals surface area contributed by atoms with Crippen molar-refractivity contribution in [3.8, 4) is 5.82 Å². The maximum absolute atomic E-state index is 12.0. The van der Waals surface area contributed by atoms with Crippen LogP contribution in [0, 0.1) is 27.7 Å².